The Morgan fingerprint density at radius 2 is 1.63 bits per heavy atom. The van der Waals surface area contributed by atoms with Crippen molar-refractivity contribution in [2.24, 2.45) is 0 Å². The third-order valence-corrected chi connectivity index (χ3v) is 6.46. The molecule has 0 aromatic heterocycles. The minimum Gasteiger partial charge on any atom is -0.490 e. The van der Waals surface area contributed by atoms with Gasteiger partial charge in [0.15, 0.2) is 23.1 Å². The molecule has 0 radical (unpaired) electrons. The van der Waals surface area contributed by atoms with Crippen molar-refractivity contribution in [2.45, 2.75) is 71.3 Å². The van der Waals surface area contributed by atoms with Crippen LogP contribution in [0.5, 0.6) is 11.5 Å². The Morgan fingerprint density at radius 1 is 1.03 bits per heavy atom. The largest absolute Gasteiger partial charge is 0.490 e. The monoisotopic (exact) mass is 522 g/mol. The summed E-state index contributed by atoms with van der Waals surface area (Å²) in [5.74, 6) is 2.64. The topological polar surface area (TPSA) is 61.8 Å². The van der Waals surface area contributed by atoms with Crippen molar-refractivity contribution in [1.82, 2.24) is 0 Å². The van der Waals surface area contributed by atoms with Crippen LogP contribution >= 0.6 is 22.6 Å². The van der Waals surface area contributed by atoms with E-state index in [9.17, 15) is 9.59 Å². The van der Waals surface area contributed by atoms with Gasteiger partial charge >= 0.3 is 0 Å². The van der Waals surface area contributed by atoms with Gasteiger partial charge in [0.1, 0.15) is 11.5 Å². The van der Waals surface area contributed by atoms with Crippen molar-refractivity contribution in [3.8, 4) is 11.5 Å². The van der Waals surface area contributed by atoms with E-state index in [1.165, 1.54) is 0 Å². The molecule has 6 heteroatoms. The number of halogens is 1. The quantitative estimate of drug-likeness (QED) is 0.471. The first-order chi connectivity index (χ1) is 14.4. The molecule has 0 N–H and O–H groups in total. The minimum absolute atomic E-state index is 0.00937. The molecule has 0 bridgehead atoms. The molecular weight excluding hydrogens is 495 g/mol. The fourth-order valence-electron chi connectivity index (χ4n) is 4.52. The number of carbonyl (C=O) groups excluding carboxylic acids is 2. The van der Waals surface area contributed by atoms with Crippen LogP contribution in [-0.4, -0.2) is 24.3 Å². The highest BCUT2D eigenvalue weighted by Crippen LogP contribution is 2.49. The molecule has 2 aliphatic carbocycles. The SMILES string of the molecule is CCOc1cc(C2C3=C(CCCC3=O)OC3=C2C(=O)CCC3)cc(I)c1OC(C)C. The Morgan fingerprint density at radius 3 is 2.17 bits per heavy atom. The molecule has 0 saturated heterocycles. The van der Waals surface area contributed by atoms with Crippen LogP contribution in [0.2, 0.25) is 0 Å². The fourth-order valence-corrected chi connectivity index (χ4v) is 5.27. The lowest BCUT2D eigenvalue weighted by molar-refractivity contribution is -0.117. The molecule has 0 saturated carbocycles. The number of Topliss-reactive ketones (excluding diaryl/α,β-unsaturated/α-hetero) is 2. The number of benzene rings is 1. The Hall–Kier alpha value is -1.83. The molecule has 0 amide bonds. The van der Waals surface area contributed by atoms with Crippen LogP contribution in [0.1, 0.15) is 70.8 Å². The molecule has 3 aliphatic rings. The summed E-state index contributed by atoms with van der Waals surface area (Å²) in [6, 6.07) is 3.97. The van der Waals surface area contributed by atoms with Crippen LogP contribution in [0.15, 0.2) is 34.8 Å². The van der Waals surface area contributed by atoms with Crippen LogP contribution in [0, 0.1) is 3.57 Å². The van der Waals surface area contributed by atoms with Gasteiger partial charge in [-0.1, -0.05) is 0 Å². The lowest BCUT2D eigenvalue weighted by Gasteiger charge is -2.36. The van der Waals surface area contributed by atoms with Crippen LogP contribution in [0.25, 0.3) is 0 Å². The average Bonchev–Trinajstić information content (AvgIpc) is 2.69. The molecule has 160 valence electrons. The van der Waals surface area contributed by atoms with E-state index in [-0.39, 0.29) is 23.6 Å². The van der Waals surface area contributed by atoms with E-state index >= 15 is 0 Å². The zero-order valence-corrected chi connectivity index (χ0v) is 19.8. The van der Waals surface area contributed by atoms with Gasteiger partial charge in [-0.15, -0.1) is 0 Å². The van der Waals surface area contributed by atoms with Crippen LogP contribution in [0.3, 0.4) is 0 Å². The molecule has 5 nitrogen and oxygen atoms in total. The molecular formula is C24H27IO5. The number of allylic oxidation sites excluding steroid dienone is 4. The van der Waals surface area contributed by atoms with E-state index in [1.54, 1.807) is 0 Å². The zero-order valence-electron chi connectivity index (χ0n) is 17.7. The van der Waals surface area contributed by atoms with E-state index < -0.39 is 0 Å². The molecule has 0 fully saturated rings. The van der Waals surface area contributed by atoms with Gasteiger partial charge in [0, 0.05) is 42.7 Å². The van der Waals surface area contributed by atoms with Gasteiger partial charge < -0.3 is 14.2 Å². The van der Waals surface area contributed by atoms with Gasteiger partial charge in [0.2, 0.25) is 0 Å². The summed E-state index contributed by atoms with van der Waals surface area (Å²) in [5, 5.41) is 0. The minimum atomic E-state index is -0.384. The highest BCUT2D eigenvalue weighted by atomic mass is 127. The van der Waals surface area contributed by atoms with Crippen molar-refractivity contribution in [3.05, 3.63) is 43.9 Å². The van der Waals surface area contributed by atoms with E-state index in [4.69, 9.17) is 14.2 Å². The molecule has 1 aliphatic heterocycles. The number of ether oxygens (including phenoxy) is 3. The third-order valence-electron chi connectivity index (χ3n) is 5.66. The average molecular weight is 522 g/mol. The van der Waals surface area contributed by atoms with Crippen LogP contribution in [-0.2, 0) is 14.3 Å². The summed E-state index contributed by atoms with van der Waals surface area (Å²) in [7, 11) is 0. The van der Waals surface area contributed by atoms with E-state index in [0.717, 1.165) is 46.3 Å². The summed E-state index contributed by atoms with van der Waals surface area (Å²) in [6.07, 6.45) is 4.08. The van der Waals surface area contributed by atoms with Gasteiger partial charge in [-0.25, -0.2) is 0 Å². The van der Waals surface area contributed by atoms with Gasteiger partial charge in [0.25, 0.3) is 0 Å². The smallest absolute Gasteiger partial charge is 0.174 e. The van der Waals surface area contributed by atoms with Gasteiger partial charge in [-0.05, 0) is 73.9 Å². The lowest BCUT2D eigenvalue weighted by Crippen LogP contribution is -2.30. The van der Waals surface area contributed by atoms with Crippen molar-refractivity contribution < 1.29 is 23.8 Å². The first-order valence-electron chi connectivity index (χ1n) is 10.7. The Bertz CT molecular complexity index is 915. The number of ketones is 2. The van der Waals surface area contributed by atoms with Crippen molar-refractivity contribution in [2.75, 3.05) is 6.61 Å². The van der Waals surface area contributed by atoms with Gasteiger partial charge in [0.05, 0.1) is 16.3 Å². The van der Waals surface area contributed by atoms with E-state index in [0.29, 0.717) is 42.1 Å². The number of hydrogen-bond donors (Lipinski definition) is 0. The van der Waals surface area contributed by atoms with Gasteiger partial charge in [-0.2, -0.15) is 0 Å². The summed E-state index contributed by atoms with van der Waals surface area (Å²) in [4.78, 5) is 25.9. The summed E-state index contributed by atoms with van der Waals surface area (Å²) in [5.41, 5.74) is 2.21. The molecule has 4 rings (SSSR count). The maximum absolute atomic E-state index is 13.0. The fraction of sp³-hybridized carbons (Fsp3) is 0.500. The normalized spacial score (nSPS) is 19.6. The molecule has 30 heavy (non-hydrogen) atoms. The van der Waals surface area contributed by atoms with Crippen molar-refractivity contribution in [3.63, 3.8) is 0 Å². The molecule has 1 heterocycles. The Labute approximate surface area is 191 Å². The molecule has 0 atom stereocenters. The van der Waals surface area contributed by atoms with Crippen molar-refractivity contribution in [1.29, 1.82) is 0 Å². The van der Waals surface area contributed by atoms with Crippen molar-refractivity contribution >= 4 is 34.2 Å². The second-order valence-corrected chi connectivity index (χ2v) is 9.35. The highest BCUT2D eigenvalue weighted by Gasteiger charge is 2.42. The zero-order chi connectivity index (χ0) is 21.4. The second kappa shape index (κ2) is 8.73. The standard InChI is InChI=1S/C24H27IO5/c1-4-28-20-12-14(11-15(25)24(20)29-13(2)3)21-22-16(26)7-5-9-18(22)30-19-10-6-8-17(27)23(19)21/h11-13,21H,4-10H2,1-3H3. The predicted molar refractivity (Wildman–Crippen MR) is 122 cm³/mol. The highest BCUT2D eigenvalue weighted by molar-refractivity contribution is 14.1. The third kappa shape index (κ3) is 3.90. The summed E-state index contributed by atoms with van der Waals surface area (Å²) < 4.78 is 19.0. The Kier molecular flexibility index (Phi) is 6.23. The second-order valence-electron chi connectivity index (χ2n) is 8.19. The first-order valence-corrected chi connectivity index (χ1v) is 11.8. The molecule has 1 aromatic carbocycles. The van der Waals surface area contributed by atoms with E-state index in [2.05, 4.69) is 22.6 Å². The summed E-state index contributed by atoms with van der Waals surface area (Å²) >= 11 is 2.25. The molecule has 0 spiro atoms. The van der Waals surface area contributed by atoms with Gasteiger partial charge in [-0.3, -0.25) is 9.59 Å². The summed E-state index contributed by atoms with van der Waals surface area (Å²) in [6.45, 7) is 6.40. The Balaban J connectivity index is 1.89. The number of carbonyl (C=O) groups is 2. The van der Waals surface area contributed by atoms with Crippen LogP contribution < -0.4 is 9.47 Å². The first kappa shape index (κ1) is 21.4. The molecule has 0 unspecified atom stereocenters. The lowest BCUT2D eigenvalue weighted by atomic mass is 9.73. The number of hydrogen-bond acceptors (Lipinski definition) is 5. The van der Waals surface area contributed by atoms with Crippen LogP contribution in [0.4, 0.5) is 0 Å². The number of rotatable bonds is 5. The maximum atomic E-state index is 13.0. The maximum Gasteiger partial charge on any atom is 0.174 e. The predicted octanol–water partition coefficient (Wildman–Crippen LogP) is 5.61. The van der Waals surface area contributed by atoms with E-state index in [1.807, 2.05) is 32.9 Å². The molecule has 1 aromatic rings.